The van der Waals surface area contributed by atoms with Crippen LogP contribution in [0.3, 0.4) is 0 Å². The highest BCUT2D eigenvalue weighted by Crippen LogP contribution is 2.17. The monoisotopic (exact) mass is 337 g/mol. The highest BCUT2D eigenvalue weighted by Gasteiger charge is 2.21. The minimum absolute atomic E-state index is 0.0227. The van der Waals surface area contributed by atoms with Gasteiger partial charge in [-0.05, 0) is 31.9 Å². The van der Waals surface area contributed by atoms with Gasteiger partial charge in [0, 0.05) is 36.9 Å². The van der Waals surface area contributed by atoms with Crippen molar-refractivity contribution in [3.63, 3.8) is 0 Å². The van der Waals surface area contributed by atoms with Crippen LogP contribution in [0, 0.1) is 6.92 Å². The molecule has 2 amide bonds. The molecular weight excluding hydrogens is 314 g/mol. The first-order chi connectivity index (χ1) is 10.9. The van der Waals surface area contributed by atoms with E-state index in [0.717, 1.165) is 35.7 Å². The largest absolute Gasteiger partial charge is 0.369 e. The van der Waals surface area contributed by atoms with Crippen molar-refractivity contribution >= 4 is 28.9 Å². The number of nitrogens with one attached hydrogen (secondary N) is 1. The molecule has 1 saturated heterocycles. The molecule has 7 heteroatoms. The van der Waals surface area contributed by atoms with E-state index in [9.17, 15) is 14.4 Å². The number of primary amides is 1. The Labute approximate surface area is 140 Å². The Morgan fingerprint density at radius 3 is 2.52 bits per heavy atom. The minimum Gasteiger partial charge on any atom is -0.369 e. The third-order valence-corrected chi connectivity index (χ3v) is 4.97. The normalized spacial score (nSPS) is 16.2. The summed E-state index contributed by atoms with van der Waals surface area (Å²) in [5.74, 6) is -0.385. The lowest BCUT2D eigenvalue weighted by Crippen LogP contribution is -2.46. The number of ketones is 1. The first-order valence-electron chi connectivity index (χ1n) is 7.83. The molecule has 1 aromatic rings. The first-order valence-corrected chi connectivity index (χ1v) is 8.65. The lowest BCUT2D eigenvalue weighted by atomic mass is 10.0. The molecule has 0 atom stereocenters. The van der Waals surface area contributed by atoms with Gasteiger partial charge in [-0.3, -0.25) is 19.3 Å². The van der Waals surface area contributed by atoms with Crippen LogP contribution in [0.5, 0.6) is 0 Å². The van der Waals surface area contributed by atoms with E-state index in [1.54, 1.807) is 0 Å². The number of nitrogens with zero attached hydrogens (tertiary/aromatic N) is 1. The minimum atomic E-state index is -0.324. The summed E-state index contributed by atoms with van der Waals surface area (Å²) in [4.78, 5) is 38.6. The lowest BCUT2D eigenvalue weighted by molar-refractivity contribution is -0.123. The molecule has 0 radical (unpaired) electrons. The number of amides is 2. The summed E-state index contributed by atoms with van der Waals surface area (Å²) in [6.45, 7) is 3.73. The third kappa shape index (κ3) is 5.76. The van der Waals surface area contributed by atoms with E-state index in [4.69, 9.17) is 5.73 Å². The average Bonchev–Trinajstić information content (AvgIpc) is 2.93. The number of Topliss-reactive ketones (excluding diaryl/α,β-unsaturated/α-hetero) is 1. The Hall–Kier alpha value is -1.73. The predicted octanol–water partition coefficient (Wildman–Crippen LogP) is 1.09. The number of carbonyl (C=O) groups excluding carboxylic acids is 3. The van der Waals surface area contributed by atoms with Gasteiger partial charge in [0.05, 0.1) is 11.4 Å². The van der Waals surface area contributed by atoms with E-state index in [-0.39, 0.29) is 43.0 Å². The van der Waals surface area contributed by atoms with Gasteiger partial charge in [0.25, 0.3) is 0 Å². The molecule has 0 bridgehead atoms. The van der Waals surface area contributed by atoms with E-state index < -0.39 is 0 Å². The molecular formula is C16H23N3O3S. The number of likely N-dealkylation sites (tertiary alicyclic amines) is 1. The number of rotatable bonds is 7. The van der Waals surface area contributed by atoms with Gasteiger partial charge < -0.3 is 11.1 Å². The molecule has 1 aromatic heterocycles. The number of hydrogen-bond donors (Lipinski definition) is 2. The number of thiophene rings is 1. The van der Waals surface area contributed by atoms with Crippen molar-refractivity contribution in [3.8, 4) is 0 Å². The average molecular weight is 337 g/mol. The Kier molecular flexibility index (Phi) is 6.29. The quantitative estimate of drug-likeness (QED) is 0.728. The zero-order valence-corrected chi connectivity index (χ0v) is 14.2. The third-order valence-electron chi connectivity index (χ3n) is 3.93. The fourth-order valence-electron chi connectivity index (χ4n) is 2.69. The maximum atomic E-state index is 12.0. The summed E-state index contributed by atoms with van der Waals surface area (Å²) in [7, 11) is 0. The summed E-state index contributed by atoms with van der Waals surface area (Å²) >= 11 is 1.46. The SMILES string of the molecule is Cc1ccc(C(=O)CCC(=O)NC2CCN(CC(N)=O)CC2)s1. The second-order valence-electron chi connectivity index (χ2n) is 5.92. The topological polar surface area (TPSA) is 92.5 Å². The van der Waals surface area contributed by atoms with Crippen molar-refractivity contribution in [2.75, 3.05) is 19.6 Å². The van der Waals surface area contributed by atoms with Gasteiger partial charge in [0.2, 0.25) is 11.8 Å². The van der Waals surface area contributed by atoms with Crippen molar-refractivity contribution in [3.05, 3.63) is 21.9 Å². The Balaban J connectivity index is 1.67. The summed E-state index contributed by atoms with van der Waals surface area (Å²) in [5, 5.41) is 2.97. The fourth-order valence-corrected chi connectivity index (χ4v) is 3.53. The summed E-state index contributed by atoms with van der Waals surface area (Å²) < 4.78 is 0. The Morgan fingerprint density at radius 2 is 1.96 bits per heavy atom. The Bertz CT molecular complexity index is 577. The van der Waals surface area contributed by atoms with Gasteiger partial charge in [-0.15, -0.1) is 11.3 Å². The van der Waals surface area contributed by atoms with Gasteiger partial charge in [0.15, 0.2) is 5.78 Å². The smallest absolute Gasteiger partial charge is 0.231 e. The van der Waals surface area contributed by atoms with Crippen LogP contribution in [-0.2, 0) is 9.59 Å². The molecule has 2 heterocycles. The predicted molar refractivity (Wildman–Crippen MR) is 89.4 cm³/mol. The van der Waals surface area contributed by atoms with E-state index >= 15 is 0 Å². The van der Waals surface area contributed by atoms with Crippen molar-refractivity contribution in [1.29, 1.82) is 0 Å². The molecule has 1 fully saturated rings. The van der Waals surface area contributed by atoms with E-state index in [1.165, 1.54) is 11.3 Å². The standard InChI is InChI=1S/C16H23N3O3S/c1-11-2-4-14(23-11)13(20)3-5-16(22)18-12-6-8-19(9-7-12)10-15(17)21/h2,4,12H,3,5-10H2,1H3,(H2,17,21)(H,18,22). The maximum absolute atomic E-state index is 12.0. The van der Waals surface area contributed by atoms with Gasteiger partial charge in [-0.25, -0.2) is 0 Å². The van der Waals surface area contributed by atoms with Crippen molar-refractivity contribution in [2.45, 2.75) is 38.6 Å². The number of aryl methyl sites for hydroxylation is 1. The fraction of sp³-hybridized carbons (Fsp3) is 0.562. The molecule has 2 rings (SSSR count). The second kappa shape index (κ2) is 8.21. The number of piperidine rings is 1. The molecule has 23 heavy (non-hydrogen) atoms. The molecule has 126 valence electrons. The van der Waals surface area contributed by atoms with Gasteiger partial charge in [-0.2, -0.15) is 0 Å². The van der Waals surface area contributed by atoms with Crippen molar-refractivity contribution < 1.29 is 14.4 Å². The molecule has 6 nitrogen and oxygen atoms in total. The van der Waals surface area contributed by atoms with E-state index in [2.05, 4.69) is 5.32 Å². The summed E-state index contributed by atoms with van der Waals surface area (Å²) in [6, 6.07) is 3.85. The van der Waals surface area contributed by atoms with Crippen LogP contribution in [0.25, 0.3) is 0 Å². The highest BCUT2D eigenvalue weighted by molar-refractivity contribution is 7.14. The van der Waals surface area contributed by atoms with Crippen molar-refractivity contribution in [1.82, 2.24) is 10.2 Å². The molecule has 1 aliphatic heterocycles. The Morgan fingerprint density at radius 1 is 1.26 bits per heavy atom. The van der Waals surface area contributed by atoms with E-state index in [0.29, 0.717) is 0 Å². The first kappa shape index (κ1) is 17.6. The van der Waals surface area contributed by atoms with Crippen LogP contribution in [-0.4, -0.2) is 48.2 Å². The summed E-state index contributed by atoms with van der Waals surface area (Å²) in [6.07, 6.45) is 2.07. The number of hydrogen-bond acceptors (Lipinski definition) is 5. The number of carbonyl (C=O) groups is 3. The zero-order chi connectivity index (χ0) is 16.8. The van der Waals surface area contributed by atoms with Crippen LogP contribution in [0.15, 0.2) is 12.1 Å². The molecule has 0 spiro atoms. The number of nitrogens with two attached hydrogens (primary N) is 1. The molecule has 1 aliphatic rings. The van der Waals surface area contributed by atoms with Crippen LogP contribution in [0.1, 0.15) is 40.2 Å². The zero-order valence-electron chi connectivity index (χ0n) is 13.3. The van der Waals surface area contributed by atoms with E-state index in [1.807, 2.05) is 24.0 Å². The highest BCUT2D eigenvalue weighted by atomic mass is 32.1. The van der Waals surface area contributed by atoms with Crippen LogP contribution in [0.2, 0.25) is 0 Å². The van der Waals surface area contributed by atoms with Gasteiger partial charge >= 0.3 is 0 Å². The lowest BCUT2D eigenvalue weighted by Gasteiger charge is -2.31. The molecule has 0 saturated carbocycles. The second-order valence-corrected chi connectivity index (χ2v) is 7.21. The van der Waals surface area contributed by atoms with Gasteiger partial charge in [-0.1, -0.05) is 0 Å². The molecule has 3 N–H and O–H groups in total. The van der Waals surface area contributed by atoms with Crippen LogP contribution < -0.4 is 11.1 Å². The van der Waals surface area contributed by atoms with Gasteiger partial charge in [0.1, 0.15) is 0 Å². The molecule has 0 aromatic carbocycles. The molecule has 0 unspecified atom stereocenters. The maximum Gasteiger partial charge on any atom is 0.231 e. The molecule has 0 aliphatic carbocycles. The summed E-state index contributed by atoms with van der Waals surface area (Å²) in [5.41, 5.74) is 5.17. The van der Waals surface area contributed by atoms with Crippen molar-refractivity contribution in [2.24, 2.45) is 5.73 Å². The van der Waals surface area contributed by atoms with Crippen LogP contribution in [0.4, 0.5) is 0 Å². The van der Waals surface area contributed by atoms with Crippen LogP contribution >= 0.6 is 11.3 Å².